The molecule has 1 amide bonds. The predicted molar refractivity (Wildman–Crippen MR) is 103 cm³/mol. The van der Waals surface area contributed by atoms with E-state index in [-0.39, 0.29) is 41.2 Å². The van der Waals surface area contributed by atoms with E-state index in [0.717, 1.165) is 0 Å². The molecule has 1 aromatic heterocycles. The van der Waals surface area contributed by atoms with Crippen LogP contribution in [0.15, 0.2) is 22.4 Å². The Morgan fingerprint density at radius 1 is 1.14 bits per heavy atom. The summed E-state index contributed by atoms with van der Waals surface area (Å²) in [5.74, 6) is -0.0341. The molecule has 0 N–H and O–H groups in total. The van der Waals surface area contributed by atoms with Crippen LogP contribution in [0.25, 0.3) is 0 Å². The van der Waals surface area contributed by atoms with Gasteiger partial charge in [0.15, 0.2) is 0 Å². The summed E-state index contributed by atoms with van der Waals surface area (Å²) in [6.45, 7) is 6.90. The van der Waals surface area contributed by atoms with E-state index in [1.807, 2.05) is 13.8 Å². The maximum absolute atomic E-state index is 12.9. The summed E-state index contributed by atoms with van der Waals surface area (Å²) in [4.78, 5) is 39.7. The lowest BCUT2D eigenvalue weighted by atomic mass is 10.1. The highest BCUT2D eigenvalue weighted by molar-refractivity contribution is 5.94. The van der Waals surface area contributed by atoms with Crippen LogP contribution >= 0.6 is 0 Å². The fourth-order valence-electron chi connectivity index (χ4n) is 3.48. The number of nitrogens with zero attached hydrogens (tertiary/aromatic N) is 2. The number of methoxy groups -OCH3 is 1. The number of amides is 1. The Hall–Kier alpha value is -2.97. The van der Waals surface area contributed by atoms with Gasteiger partial charge in [0, 0.05) is 37.8 Å². The molecule has 0 radical (unpaired) electrons. The molecule has 0 saturated heterocycles. The molecule has 0 unspecified atom stereocenters. The Kier molecular flexibility index (Phi) is 6.14. The SMILES string of the molecule is COC(=O)c1c(OC(C)C)cc(=O)n2c1CCN(C(=O)C1=C(C)OCCO1)CC2. The summed E-state index contributed by atoms with van der Waals surface area (Å²) < 4.78 is 23.0. The highest BCUT2D eigenvalue weighted by atomic mass is 16.6. The third kappa shape index (κ3) is 4.23. The monoisotopic (exact) mass is 406 g/mol. The molecule has 1 aromatic rings. The molecular formula is C20H26N2O7. The van der Waals surface area contributed by atoms with E-state index in [2.05, 4.69) is 0 Å². The van der Waals surface area contributed by atoms with Crippen molar-refractivity contribution in [2.24, 2.45) is 0 Å². The van der Waals surface area contributed by atoms with Gasteiger partial charge in [-0.15, -0.1) is 0 Å². The van der Waals surface area contributed by atoms with Crippen LogP contribution in [0.1, 0.15) is 36.8 Å². The van der Waals surface area contributed by atoms with Crippen molar-refractivity contribution < 1.29 is 28.5 Å². The number of hydrogen-bond donors (Lipinski definition) is 0. The van der Waals surface area contributed by atoms with Gasteiger partial charge in [0.1, 0.15) is 30.3 Å². The van der Waals surface area contributed by atoms with Crippen molar-refractivity contribution in [3.63, 3.8) is 0 Å². The maximum atomic E-state index is 12.9. The minimum absolute atomic E-state index is 0.187. The Morgan fingerprint density at radius 3 is 2.52 bits per heavy atom. The number of rotatable bonds is 4. The van der Waals surface area contributed by atoms with E-state index in [9.17, 15) is 14.4 Å². The van der Waals surface area contributed by atoms with E-state index in [1.54, 1.807) is 11.8 Å². The topological polar surface area (TPSA) is 96.3 Å². The third-order valence-corrected chi connectivity index (χ3v) is 4.80. The molecular weight excluding hydrogens is 380 g/mol. The minimum atomic E-state index is -0.577. The number of aromatic nitrogens is 1. The Morgan fingerprint density at radius 2 is 1.86 bits per heavy atom. The van der Waals surface area contributed by atoms with Gasteiger partial charge in [-0.1, -0.05) is 0 Å². The van der Waals surface area contributed by atoms with Crippen LogP contribution in [0.3, 0.4) is 0 Å². The van der Waals surface area contributed by atoms with E-state index >= 15 is 0 Å². The van der Waals surface area contributed by atoms with E-state index in [1.165, 1.54) is 17.7 Å². The van der Waals surface area contributed by atoms with Crippen molar-refractivity contribution in [3.8, 4) is 5.75 Å². The molecule has 3 rings (SSSR count). The molecule has 0 bridgehead atoms. The molecule has 9 heteroatoms. The van der Waals surface area contributed by atoms with Gasteiger partial charge in [-0.25, -0.2) is 4.79 Å². The predicted octanol–water partition coefficient (Wildman–Crippen LogP) is 1.09. The Balaban J connectivity index is 1.96. The molecule has 0 aromatic carbocycles. The lowest BCUT2D eigenvalue weighted by Crippen LogP contribution is -2.37. The zero-order valence-electron chi connectivity index (χ0n) is 17.1. The standard InChI is InChI=1S/C20H26N2O7/c1-12(2)29-15-11-16(23)22-8-7-21(6-5-14(22)17(15)20(25)26-4)19(24)18-13(3)27-9-10-28-18/h11-12H,5-10H2,1-4H3. The highest BCUT2D eigenvalue weighted by Crippen LogP contribution is 2.25. The molecule has 0 saturated carbocycles. The lowest BCUT2D eigenvalue weighted by molar-refractivity contribution is -0.132. The zero-order valence-corrected chi connectivity index (χ0v) is 17.1. The van der Waals surface area contributed by atoms with Crippen LogP contribution in [0.4, 0.5) is 0 Å². The van der Waals surface area contributed by atoms with Gasteiger partial charge >= 0.3 is 5.97 Å². The molecule has 2 aliphatic rings. The summed E-state index contributed by atoms with van der Waals surface area (Å²) >= 11 is 0. The van der Waals surface area contributed by atoms with Crippen LogP contribution in [0, 0.1) is 0 Å². The highest BCUT2D eigenvalue weighted by Gasteiger charge is 2.30. The van der Waals surface area contributed by atoms with Crippen LogP contribution in [-0.2, 0) is 32.0 Å². The Labute approximate surface area is 168 Å². The van der Waals surface area contributed by atoms with Crippen molar-refractivity contribution in [2.75, 3.05) is 33.4 Å². The summed E-state index contributed by atoms with van der Waals surface area (Å²) in [6.07, 6.45) is 0.0801. The molecule has 158 valence electrons. The average Bonchev–Trinajstić information content (AvgIpc) is 2.90. The first-order valence-electron chi connectivity index (χ1n) is 9.61. The summed E-state index contributed by atoms with van der Waals surface area (Å²) in [7, 11) is 1.28. The summed E-state index contributed by atoms with van der Waals surface area (Å²) in [5, 5.41) is 0. The van der Waals surface area contributed by atoms with Gasteiger partial charge in [0.25, 0.3) is 11.5 Å². The smallest absolute Gasteiger partial charge is 0.343 e. The van der Waals surface area contributed by atoms with Gasteiger partial charge in [-0.3, -0.25) is 9.59 Å². The number of esters is 1. The van der Waals surface area contributed by atoms with Crippen molar-refractivity contribution in [3.05, 3.63) is 39.2 Å². The number of carbonyl (C=O) groups excluding carboxylic acids is 2. The number of ether oxygens (including phenoxy) is 4. The maximum Gasteiger partial charge on any atom is 0.343 e. The summed E-state index contributed by atoms with van der Waals surface area (Å²) in [6, 6.07) is 1.30. The van der Waals surface area contributed by atoms with Crippen molar-refractivity contribution >= 4 is 11.9 Å². The number of hydrogen-bond acceptors (Lipinski definition) is 7. The fraction of sp³-hybridized carbons (Fsp3) is 0.550. The van der Waals surface area contributed by atoms with Crippen LogP contribution in [0.2, 0.25) is 0 Å². The van der Waals surface area contributed by atoms with Crippen LogP contribution < -0.4 is 10.3 Å². The number of fused-ring (bicyclic) bond motifs is 1. The summed E-state index contributed by atoms with van der Waals surface area (Å²) in [5.41, 5.74) is 0.440. The third-order valence-electron chi connectivity index (χ3n) is 4.80. The molecule has 0 aliphatic carbocycles. The van der Waals surface area contributed by atoms with Gasteiger partial charge in [0.05, 0.1) is 13.2 Å². The van der Waals surface area contributed by atoms with Gasteiger partial charge in [-0.2, -0.15) is 0 Å². The molecule has 0 atom stereocenters. The van der Waals surface area contributed by atoms with Gasteiger partial charge in [-0.05, 0) is 20.8 Å². The van der Waals surface area contributed by atoms with E-state index in [4.69, 9.17) is 18.9 Å². The van der Waals surface area contributed by atoms with Crippen molar-refractivity contribution in [1.82, 2.24) is 9.47 Å². The van der Waals surface area contributed by atoms with Gasteiger partial charge < -0.3 is 28.4 Å². The first-order chi connectivity index (χ1) is 13.8. The molecule has 0 spiro atoms. The zero-order chi connectivity index (χ0) is 21.1. The van der Waals surface area contributed by atoms with E-state index < -0.39 is 5.97 Å². The normalized spacial score (nSPS) is 16.5. The molecule has 3 heterocycles. The number of allylic oxidation sites excluding steroid dienone is 1. The molecule has 29 heavy (non-hydrogen) atoms. The molecule has 0 fully saturated rings. The molecule has 9 nitrogen and oxygen atoms in total. The second-order valence-electron chi connectivity index (χ2n) is 7.10. The second-order valence-corrected chi connectivity index (χ2v) is 7.10. The van der Waals surface area contributed by atoms with Crippen molar-refractivity contribution in [2.45, 2.75) is 39.8 Å². The molecule has 2 aliphatic heterocycles. The number of pyridine rings is 1. The minimum Gasteiger partial charge on any atom is -0.491 e. The van der Waals surface area contributed by atoms with Crippen LogP contribution in [-0.4, -0.2) is 60.9 Å². The number of carbonyl (C=O) groups is 2. The lowest BCUT2D eigenvalue weighted by Gasteiger charge is -2.25. The Bertz CT molecular complexity index is 901. The largest absolute Gasteiger partial charge is 0.491 e. The first-order valence-corrected chi connectivity index (χ1v) is 9.61. The van der Waals surface area contributed by atoms with E-state index in [0.29, 0.717) is 44.2 Å². The second kappa shape index (κ2) is 8.59. The first kappa shape index (κ1) is 20.8. The quantitative estimate of drug-likeness (QED) is 0.691. The van der Waals surface area contributed by atoms with Gasteiger partial charge in [0.2, 0.25) is 5.76 Å². The fourth-order valence-corrected chi connectivity index (χ4v) is 3.48. The van der Waals surface area contributed by atoms with Crippen LogP contribution in [0.5, 0.6) is 5.75 Å². The van der Waals surface area contributed by atoms with Crippen molar-refractivity contribution in [1.29, 1.82) is 0 Å². The average molecular weight is 406 g/mol.